The van der Waals surface area contributed by atoms with Crippen LogP contribution < -0.4 is 10.6 Å². The van der Waals surface area contributed by atoms with E-state index in [2.05, 4.69) is 10.6 Å². The zero-order chi connectivity index (χ0) is 14.9. The molecular formula is C17H20N2O2. The molecule has 2 rings (SSSR count). The number of aliphatic hydroxyl groups excluding tert-OH is 1. The third-order valence-electron chi connectivity index (χ3n) is 3.16. The van der Waals surface area contributed by atoms with Gasteiger partial charge in [-0.2, -0.15) is 0 Å². The SMILES string of the molecule is O=C(NCCCO)NC(c1ccccc1)c1ccccc1. The predicted octanol–water partition coefficient (Wildman–Crippen LogP) is 2.46. The van der Waals surface area contributed by atoms with Crippen LogP contribution in [0.1, 0.15) is 23.6 Å². The quantitative estimate of drug-likeness (QED) is 0.714. The summed E-state index contributed by atoms with van der Waals surface area (Å²) in [5.74, 6) is 0. The van der Waals surface area contributed by atoms with E-state index in [0.717, 1.165) is 11.1 Å². The number of carbonyl (C=O) groups excluding carboxylic acids is 1. The van der Waals surface area contributed by atoms with Crippen molar-refractivity contribution in [1.82, 2.24) is 10.6 Å². The molecule has 0 fully saturated rings. The molecule has 0 bridgehead atoms. The summed E-state index contributed by atoms with van der Waals surface area (Å²) in [6, 6.07) is 19.3. The number of hydrogen-bond acceptors (Lipinski definition) is 2. The molecule has 3 N–H and O–H groups in total. The highest BCUT2D eigenvalue weighted by Gasteiger charge is 2.15. The fourth-order valence-corrected chi connectivity index (χ4v) is 2.11. The molecule has 0 aliphatic carbocycles. The highest BCUT2D eigenvalue weighted by atomic mass is 16.3. The first-order chi connectivity index (χ1) is 10.3. The summed E-state index contributed by atoms with van der Waals surface area (Å²) in [4.78, 5) is 12.0. The Morgan fingerprint density at radius 2 is 1.48 bits per heavy atom. The highest BCUT2D eigenvalue weighted by molar-refractivity contribution is 5.75. The van der Waals surface area contributed by atoms with Crippen LogP contribution in [-0.4, -0.2) is 24.3 Å². The maximum Gasteiger partial charge on any atom is 0.315 e. The second kappa shape index (κ2) is 8.07. The largest absolute Gasteiger partial charge is 0.396 e. The number of aliphatic hydroxyl groups is 1. The van der Waals surface area contributed by atoms with Crippen molar-refractivity contribution in [1.29, 1.82) is 0 Å². The van der Waals surface area contributed by atoms with Crippen LogP contribution in [0.25, 0.3) is 0 Å². The second-order valence-corrected chi connectivity index (χ2v) is 4.73. The van der Waals surface area contributed by atoms with Gasteiger partial charge in [0, 0.05) is 13.2 Å². The number of rotatable bonds is 6. The van der Waals surface area contributed by atoms with Gasteiger partial charge < -0.3 is 15.7 Å². The molecule has 0 heterocycles. The summed E-state index contributed by atoms with van der Waals surface area (Å²) >= 11 is 0. The minimum absolute atomic E-state index is 0.0705. The molecule has 0 atom stereocenters. The third-order valence-corrected chi connectivity index (χ3v) is 3.16. The lowest BCUT2D eigenvalue weighted by Gasteiger charge is -2.20. The highest BCUT2D eigenvalue weighted by Crippen LogP contribution is 2.21. The second-order valence-electron chi connectivity index (χ2n) is 4.73. The van der Waals surface area contributed by atoms with Crippen molar-refractivity contribution < 1.29 is 9.90 Å². The smallest absolute Gasteiger partial charge is 0.315 e. The van der Waals surface area contributed by atoms with Crippen LogP contribution in [0.15, 0.2) is 60.7 Å². The van der Waals surface area contributed by atoms with Gasteiger partial charge in [0.1, 0.15) is 0 Å². The predicted molar refractivity (Wildman–Crippen MR) is 83.0 cm³/mol. The molecule has 4 heteroatoms. The van der Waals surface area contributed by atoms with E-state index in [4.69, 9.17) is 5.11 Å². The summed E-state index contributed by atoms with van der Waals surface area (Å²) < 4.78 is 0. The van der Waals surface area contributed by atoms with Gasteiger partial charge >= 0.3 is 6.03 Å². The van der Waals surface area contributed by atoms with Crippen LogP contribution in [0.2, 0.25) is 0 Å². The van der Waals surface area contributed by atoms with Crippen molar-refractivity contribution in [3.8, 4) is 0 Å². The lowest BCUT2D eigenvalue weighted by molar-refractivity contribution is 0.236. The van der Waals surface area contributed by atoms with Crippen LogP contribution in [0, 0.1) is 0 Å². The molecule has 110 valence electrons. The van der Waals surface area contributed by atoms with Gasteiger partial charge in [-0.15, -0.1) is 0 Å². The van der Waals surface area contributed by atoms with Gasteiger partial charge in [0.2, 0.25) is 0 Å². The Morgan fingerprint density at radius 1 is 0.952 bits per heavy atom. The molecule has 0 spiro atoms. The summed E-state index contributed by atoms with van der Waals surface area (Å²) in [6.07, 6.45) is 0.550. The van der Waals surface area contributed by atoms with Gasteiger partial charge in [-0.3, -0.25) is 0 Å². The first-order valence-corrected chi connectivity index (χ1v) is 7.06. The Labute approximate surface area is 124 Å². The molecule has 0 aliphatic rings. The number of carbonyl (C=O) groups is 1. The Bertz CT molecular complexity index is 504. The van der Waals surface area contributed by atoms with E-state index in [1.165, 1.54) is 0 Å². The first kappa shape index (κ1) is 15.1. The minimum atomic E-state index is -0.235. The first-order valence-electron chi connectivity index (χ1n) is 7.06. The number of urea groups is 1. The number of amides is 2. The van der Waals surface area contributed by atoms with Gasteiger partial charge in [-0.05, 0) is 17.5 Å². The molecule has 0 radical (unpaired) electrons. The average Bonchev–Trinajstić information content (AvgIpc) is 2.54. The van der Waals surface area contributed by atoms with Gasteiger partial charge in [-0.25, -0.2) is 4.79 Å². The van der Waals surface area contributed by atoms with E-state index < -0.39 is 0 Å². The van der Waals surface area contributed by atoms with E-state index in [0.29, 0.717) is 13.0 Å². The molecule has 4 nitrogen and oxygen atoms in total. The Kier molecular flexibility index (Phi) is 5.79. The van der Waals surface area contributed by atoms with Crippen molar-refractivity contribution >= 4 is 6.03 Å². The molecule has 0 saturated heterocycles. The van der Waals surface area contributed by atoms with E-state index in [1.54, 1.807) is 0 Å². The van der Waals surface area contributed by atoms with Crippen molar-refractivity contribution in [2.75, 3.05) is 13.2 Å². The normalized spacial score (nSPS) is 10.4. The number of benzene rings is 2. The fourth-order valence-electron chi connectivity index (χ4n) is 2.11. The molecule has 0 aliphatic heterocycles. The lowest BCUT2D eigenvalue weighted by atomic mass is 9.99. The van der Waals surface area contributed by atoms with Crippen LogP contribution in [-0.2, 0) is 0 Å². The zero-order valence-corrected chi connectivity index (χ0v) is 11.8. The fraction of sp³-hybridized carbons (Fsp3) is 0.235. The Balaban J connectivity index is 2.12. The summed E-state index contributed by atoms with van der Waals surface area (Å²) in [6.45, 7) is 0.527. The van der Waals surface area contributed by atoms with Gasteiger partial charge in [0.15, 0.2) is 0 Å². The van der Waals surface area contributed by atoms with E-state index in [1.807, 2.05) is 60.7 Å². The van der Waals surface area contributed by atoms with Crippen LogP contribution >= 0.6 is 0 Å². The van der Waals surface area contributed by atoms with Crippen molar-refractivity contribution in [3.05, 3.63) is 71.8 Å². The Morgan fingerprint density at radius 3 is 1.95 bits per heavy atom. The van der Waals surface area contributed by atoms with Gasteiger partial charge in [0.25, 0.3) is 0 Å². The molecule has 2 amide bonds. The van der Waals surface area contributed by atoms with E-state index >= 15 is 0 Å². The van der Waals surface area contributed by atoms with E-state index in [-0.39, 0.29) is 18.7 Å². The van der Waals surface area contributed by atoms with Crippen LogP contribution in [0.4, 0.5) is 4.79 Å². The standard InChI is InChI=1S/C17H20N2O2/c20-13-7-12-18-17(21)19-16(14-8-3-1-4-9-14)15-10-5-2-6-11-15/h1-6,8-11,16,20H,7,12-13H2,(H2,18,19,21). The van der Waals surface area contributed by atoms with Gasteiger partial charge in [0.05, 0.1) is 6.04 Å². The lowest BCUT2D eigenvalue weighted by Crippen LogP contribution is -2.39. The monoisotopic (exact) mass is 284 g/mol. The maximum absolute atomic E-state index is 12.0. The van der Waals surface area contributed by atoms with Gasteiger partial charge in [-0.1, -0.05) is 60.7 Å². The Hall–Kier alpha value is -2.33. The molecule has 2 aromatic carbocycles. The zero-order valence-electron chi connectivity index (χ0n) is 11.8. The van der Waals surface area contributed by atoms with Crippen molar-refractivity contribution in [2.45, 2.75) is 12.5 Å². The molecule has 0 unspecified atom stereocenters. The van der Waals surface area contributed by atoms with E-state index in [9.17, 15) is 4.79 Å². The van der Waals surface area contributed by atoms with Crippen molar-refractivity contribution in [3.63, 3.8) is 0 Å². The molecule has 2 aromatic rings. The maximum atomic E-state index is 12.0. The summed E-state index contributed by atoms with van der Waals surface area (Å²) in [5.41, 5.74) is 2.06. The molecular weight excluding hydrogens is 264 g/mol. The topological polar surface area (TPSA) is 61.4 Å². The molecule has 0 saturated carbocycles. The molecule has 0 aromatic heterocycles. The molecule has 21 heavy (non-hydrogen) atoms. The van der Waals surface area contributed by atoms with Crippen LogP contribution in [0.5, 0.6) is 0 Å². The average molecular weight is 284 g/mol. The third kappa shape index (κ3) is 4.61. The minimum Gasteiger partial charge on any atom is -0.396 e. The summed E-state index contributed by atoms with van der Waals surface area (Å²) in [5, 5.41) is 14.5. The van der Waals surface area contributed by atoms with Crippen molar-refractivity contribution in [2.24, 2.45) is 0 Å². The summed E-state index contributed by atoms with van der Waals surface area (Å²) in [7, 11) is 0. The number of hydrogen-bond donors (Lipinski definition) is 3. The van der Waals surface area contributed by atoms with Crippen LogP contribution in [0.3, 0.4) is 0 Å². The number of nitrogens with one attached hydrogen (secondary N) is 2.